The van der Waals surface area contributed by atoms with Gasteiger partial charge in [0.25, 0.3) is 0 Å². The molecule has 0 unspecified atom stereocenters. The lowest BCUT2D eigenvalue weighted by Gasteiger charge is -1.96. The summed E-state index contributed by atoms with van der Waals surface area (Å²) in [5.41, 5.74) is 4.85. The predicted octanol–water partition coefficient (Wildman–Crippen LogP) is 5.86. The van der Waals surface area contributed by atoms with Crippen LogP contribution < -0.4 is 0 Å². The topological polar surface area (TPSA) is 0 Å². The van der Waals surface area contributed by atoms with Crippen molar-refractivity contribution in [3.05, 3.63) is 90.5 Å². The summed E-state index contributed by atoms with van der Waals surface area (Å²) in [5, 5.41) is 0. The van der Waals surface area contributed by atoms with Gasteiger partial charge in [0.15, 0.2) is 0 Å². The van der Waals surface area contributed by atoms with E-state index in [1.54, 1.807) is 0 Å². The molecule has 0 bridgehead atoms. The quantitative estimate of drug-likeness (QED) is 0.647. The second kappa shape index (κ2) is 8.71. The number of rotatable bonds is 4. The molecule has 0 radical (unpaired) electrons. The largest absolute Gasteiger partial charge is 0.0985 e. The van der Waals surface area contributed by atoms with E-state index < -0.39 is 0 Å². The van der Waals surface area contributed by atoms with Gasteiger partial charge in [-0.05, 0) is 28.7 Å². The second-order valence-electron chi connectivity index (χ2n) is 4.34. The summed E-state index contributed by atoms with van der Waals surface area (Å²) in [5.74, 6) is 0. The van der Waals surface area contributed by atoms with Gasteiger partial charge in [0.05, 0.1) is 0 Å². The fourth-order valence-electron chi connectivity index (χ4n) is 1.77. The maximum Gasteiger partial charge on any atom is -0.0190 e. The van der Waals surface area contributed by atoms with Crippen LogP contribution in [0.1, 0.15) is 29.2 Å². The molecule has 0 aliphatic carbocycles. The molecule has 0 aromatic heterocycles. The van der Waals surface area contributed by atoms with E-state index in [2.05, 4.69) is 50.9 Å². The molecular formula is C20H22. The molecule has 0 aliphatic rings. The van der Waals surface area contributed by atoms with Gasteiger partial charge in [-0.15, -0.1) is 0 Å². The third-order valence-corrected chi connectivity index (χ3v) is 3.06. The summed E-state index contributed by atoms with van der Waals surface area (Å²) in [6, 6.07) is 16.5. The molecule has 2 aromatic carbocycles. The maximum atomic E-state index is 3.69. The molecule has 102 valence electrons. The van der Waals surface area contributed by atoms with Crippen molar-refractivity contribution < 1.29 is 0 Å². The Labute approximate surface area is 122 Å². The van der Waals surface area contributed by atoms with Crippen molar-refractivity contribution in [2.24, 2.45) is 0 Å². The van der Waals surface area contributed by atoms with E-state index in [0.717, 1.165) is 17.5 Å². The van der Waals surface area contributed by atoms with Gasteiger partial charge >= 0.3 is 0 Å². The van der Waals surface area contributed by atoms with Crippen molar-refractivity contribution in [1.82, 2.24) is 0 Å². The second-order valence-corrected chi connectivity index (χ2v) is 4.34. The molecule has 20 heavy (non-hydrogen) atoms. The molecule has 0 heterocycles. The van der Waals surface area contributed by atoms with Crippen LogP contribution in [-0.2, 0) is 6.42 Å². The van der Waals surface area contributed by atoms with Crippen LogP contribution in [0.5, 0.6) is 0 Å². The Morgan fingerprint density at radius 1 is 0.750 bits per heavy atom. The molecular weight excluding hydrogens is 240 g/mol. The first-order chi connectivity index (χ1) is 9.74. The summed E-state index contributed by atoms with van der Waals surface area (Å²) in [4.78, 5) is 0. The van der Waals surface area contributed by atoms with Crippen LogP contribution in [0.2, 0.25) is 0 Å². The summed E-state index contributed by atoms with van der Waals surface area (Å²) in [6.07, 6.45) is 6.63. The Morgan fingerprint density at radius 3 is 1.60 bits per heavy atom. The summed E-state index contributed by atoms with van der Waals surface area (Å²) < 4.78 is 0. The zero-order valence-corrected chi connectivity index (χ0v) is 12.2. The van der Waals surface area contributed by atoms with Crippen LogP contribution in [-0.4, -0.2) is 0 Å². The lowest BCUT2D eigenvalue weighted by Crippen LogP contribution is -1.78. The molecule has 0 N–H and O–H groups in total. The van der Waals surface area contributed by atoms with Crippen molar-refractivity contribution in [2.45, 2.75) is 13.3 Å². The van der Waals surface area contributed by atoms with Gasteiger partial charge in [-0.3, -0.25) is 0 Å². The zero-order valence-electron chi connectivity index (χ0n) is 12.2. The van der Waals surface area contributed by atoms with Crippen LogP contribution in [0.3, 0.4) is 0 Å². The Morgan fingerprint density at radius 2 is 1.25 bits per heavy atom. The highest BCUT2D eigenvalue weighted by Crippen LogP contribution is 2.10. The number of hydrogen-bond donors (Lipinski definition) is 0. The Balaban J connectivity index is 0.000000200. The molecule has 0 fully saturated rings. The number of hydrogen-bond acceptors (Lipinski definition) is 0. The minimum Gasteiger partial charge on any atom is -0.0985 e. The first kappa shape index (κ1) is 15.7. The summed E-state index contributed by atoms with van der Waals surface area (Å²) >= 11 is 0. The molecule has 0 spiro atoms. The Kier molecular flexibility index (Phi) is 6.84. The minimum absolute atomic E-state index is 1.11. The SMILES string of the molecule is C=Cc1ccc(CC)cc1.C=Cc1ccccc1C=C. The minimum atomic E-state index is 1.11. The average molecular weight is 262 g/mol. The van der Waals surface area contributed by atoms with E-state index >= 15 is 0 Å². The fraction of sp³-hybridized carbons (Fsp3) is 0.100. The van der Waals surface area contributed by atoms with Gasteiger partial charge < -0.3 is 0 Å². The predicted molar refractivity (Wildman–Crippen MR) is 92.5 cm³/mol. The molecule has 0 saturated carbocycles. The standard InChI is InChI=1S/C10H12.C10H10/c1-3-9-5-7-10(4-2)8-6-9;1-3-9-7-5-6-8-10(9)4-2/h3,5-8H,1,4H2,2H3;3-8H,1-2H2. The molecule has 0 atom stereocenters. The highest BCUT2D eigenvalue weighted by Gasteiger charge is 1.89. The first-order valence-corrected chi connectivity index (χ1v) is 6.80. The Bertz CT molecular complexity index is 532. The average Bonchev–Trinajstić information content (AvgIpc) is 2.55. The van der Waals surface area contributed by atoms with E-state index in [4.69, 9.17) is 0 Å². The lowest BCUT2D eigenvalue weighted by molar-refractivity contribution is 1.14. The van der Waals surface area contributed by atoms with E-state index in [9.17, 15) is 0 Å². The molecule has 0 saturated heterocycles. The van der Waals surface area contributed by atoms with E-state index in [0.29, 0.717) is 0 Å². The van der Waals surface area contributed by atoms with E-state index in [1.165, 1.54) is 11.1 Å². The Hall–Kier alpha value is -2.34. The highest BCUT2D eigenvalue weighted by atomic mass is 13.9. The van der Waals surface area contributed by atoms with Crippen molar-refractivity contribution in [2.75, 3.05) is 0 Å². The third-order valence-electron chi connectivity index (χ3n) is 3.06. The summed E-state index contributed by atoms with van der Waals surface area (Å²) in [6.45, 7) is 13.2. The molecule has 0 nitrogen and oxygen atoms in total. The highest BCUT2D eigenvalue weighted by molar-refractivity contribution is 5.63. The lowest BCUT2D eigenvalue weighted by atomic mass is 10.1. The number of benzene rings is 2. The van der Waals surface area contributed by atoms with Crippen LogP contribution in [0.25, 0.3) is 18.2 Å². The molecule has 2 aromatic rings. The third kappa shape index (κ3) is 4.74. The zero-order chi connectivity index (χ0) is 14.8. The summed E-state index contributed by atoms with van der Waals surface area (Å²) in [7, 11) is 0. The van der Waals surface area contributed by atoms with Crippen molar-refractivity contribution in [3.8, 4) is 0 Å². The van der Waals surface area contributed by atoms with E-state index in [-0.39, 0.29) is 0 Å². The molecule has 0 aliphatic heterocycles. The van der Waals surface area contributed by atoms with Crippen molar-refractivity contribution in [3.63, 3.8) is 0 Å². The smallest absolute Gasteiger partial charge is 0.0190 e. The van der Waals surface area contributed by atoms with Gasteiger partial charge in [-0.2, -0.15) is 0 Å². The van der Waals surface area contributed by atoms with Gasteiger partial charge in [0, 0.05) is 0 Å². The fourth-order valence-corrected chi connectivity index (χ4v) is 1.77. The maximum absolute atomic E-state index is 3.69. The monoisotopic (exact) mass is 262 g/mol. The number of aryl methyl sites for hydroxylation is 1. The van der Waals surface area contributed by atoms with E-state index in [1.807, 2.05) is 42.5 Å². The molecule has 2 rings (SSSR count). The van der Waals surface area contributed by atoms with Gasteiger partial charge in [0.1, 0.15) is 0 Å². The molecule has 0 amide bonds. The van der Waals surface area contributed by atoms with Gasteiger partial charge in [0.2, 0.25) is 0 Å². The van der Waals surface area contributed by atoms with Crippen LogP contribution in [0.15, 0.2) is 68.3 Å². The van der Waals surface area contributed by atoms with Crippen LogP contribution in [0.4, 0.5) is 0 Å². The first-order valence-electron chi connectivity index (χ1n) is 6.80. The van der Waals surface area contributed by atoms with Crippen LogP contribution >= 0.6 is 0 Å². The van der Waals surface area contributed by atoms with Crippen molar-refractivity contribution >= 4 is 18.2 Å². The van der Waals surface area contributed by atoms with Gasteiger partial charge in [-0.25, -0.2) is 0 Å². The van der Waals surface area contributed by atoms with Crippen molar-refractivity contribution in [1.29, 1.82) is 0 Å². The normalized spacial score (nSPS) is 9.05. The van der Waals surface area contributed by atoms with Crippen LogP contribution in [0, 0.1) is 0 Å². The molecule has 0 heteroatoms. The van der Waals surface area contributed by atoms with Gasteiger partial charge in [-0.1, -0.05) is 93.4 Å².